The first-order chi connectivity index (χ1) is 9.54. The van der Waals surface area contributed by atoms with Gasteiger partial charge in [0, 0.05) is 23.4 Å². The van der Waals surface area contributed by atoms with Gasteiger partial charge in [0.25, 0.3) is 0 Å². The summed E-state index contributed by atoms with van der Waals surface area (Å²) in [7, 11) is 0. The van der Waals surface area contributed by atoms with E-state index in [-0.39, 0.29) is 16.9 Å². The molecule has 104 valence electrons. The Morgan fingerprint density at radius 3 is 2.90 bits per heavy atom. The number of hydrogen-bond donors (Lipinski definition) is 0. The molecule has 0 saturated carbocycles. The maximum atomic E-state index is 12.3. The maximum Gasteiger partial charge on any atom is 0.240 e. The van der Waals surface area contributed by atoms with Gasteiger partial charge in [0.15, 0.2) is 5.78 Å². The molecule has 1 atom stereocenters. The molecule has 4 nitrogen and oxygen atoms in total. The molecule has 5 heteroatoms. The van der Waals surface area contributed by atoms with Gasteiger partial charge < -0.3 is 4.90 Å². The first-order valence-electron chi connectivity index (χ1n) is 6.54. The highest BCUT2D eigenvalue weighted by Crippen LogP contribution is 2.39. The second-order valence-corrected chi connectivity index (χ2v) is 6.13. The Bertz CT molecular complexity index is 592. The van der Waals surface area contributed by atoms with Gasteiger partial charge in [0.1, 0.15) is 0 Å². The van der Waals surface area contributed by atoms with Crippen molar-refractivity contribution in [1.29, 1.82) is 5.26 Å². The molecular weight excluding hydrogens is 272 g/mol. The first-order valence-corrected chi connectivity index (χ1v) is 7.42. The van der Waals surface area contributed by atoms with Crippen LogP contribution < -0.4 is 4.90 Å². The van der Waals surface area contributed by atoms with E-state index in [2.05, 4.69) is 6.07 Å². The number of unbranched alkanes of at least 4 members (excludes halogenated alkanes) is 1. The zero-order valence-electron chi connectivity index (χ0n) is 11.5. The van der Waals surface area contributed by atoms with Crippen molar-refractivity contribution in [3.8, 4) is 6.07 Å². The molecule has 0 radical (unpaired) electrons. The molecular formula is C15H16N2O2S. The van der Waals surface area contributed by atoms with Crippen molar-refractivity contribution >= 4 is 29.1 Å². The number of carbonyl (C=O) groups excluding carboxylic acids is 2. The van der Waals surface area contributed by atoms with Gasteiger partial charge in [-0.05, 0) is 38.5 Å². The van der Waals surface area contributed by atoms with Crippen molar-refractivity contribution in [2.75, 3.05) is 11.4 Å². The highest BCUT2D eigenvalue weighted by molar-refractivity contribution is 8.01. The number of thioether (sulfide) groups is 1. The Hall–Kier alpha value is -1.80. The van der Waals surface area contributed by atoms with Gasteiger partial charge in [0.05, 0.1) is 17.0 Å². The molecule has 1 heterocycles. The van der Waals surface area contributed by atoms with E-state index in [1.54, 1.807) is 11.0 Å². The van der Waals surface area contributed by atoms with Crippen LogP contribution in [0.4, 0.5) is 5.69 Å². The molecule has 0 saturated heterocycles. The molecule has 0 spiro atoms. The molecule has 1 aromatic rings. The van der Waals surface area contributed by atoms with Gasteiger partial charge in [-0.15, -0.1) is 11.8 Å². The predicted octanol–water partition coefficient (Wildman–Crippen LogP) is 3.02. The third-order valence-corrected chi connectivity index (χ3v) is 4.38. The molecule has 2 rings (SSSR count). The highest BCUT2D eigenvalue weighted by Gasteiger charge is 2.30. The van der Waals surface area contributed by atoms with E-state index in [9.17, 15) is 9.59 Å². The van der Waals surface area contributed by atoms with E-state index in [1.807, 2.05) is 19.1 Å². The summed E-state index contributed by atoms with van der Waals surface area (Å²) in [5.74, 6) is 0.0880. The fraction of sp³-hybridized carbons (Fsp3) is 0.400. The summed E-state index contributed by atoms with van der Waals surface area (Å²) in [4.78, 5) is 26.4. The van der Waals surface area contributed by atoms with Gasteiger partial charge >= 0.3 is 0 Å². The summed E-state index contributed by atoms with van der Waals surface area (Å²) in [6.45, 7) is 3.95. The van der Waals surface area contributed by atoms with Crippen LogP contribution in [0.5, 0.6) is 0 Å². The monoisotopic (exact) mass is 288 g/mol. The lowest BCUT2D eigenvalue weighted by Crippen LogP contribution is -2.40. The maximum absolute atomic E-state index is 12.3. The molecule has 1 aromatic carbocycles. The number of amides is 1. The van der Waals surface area contributed by atoms with Crippen LogP contribution >= 0.6 is 11.8 Å². The Morgan fingerprint density at radius 2 is 2.25 bits per heavy atom. The lowest BCUT2D eigenvalue weighted by Gasteiger charge is -2.32. The number of carbonyl (C=O) groups is 2. The standard InChI is InChI=1S/C15H16N2O2S/c1-10(18)12-5-6-13-14(9-12)20-11(2)15(19)17(13)8-4-3-7-16/h5-6,9,11H,3-4,8H2,1-2H3. The van der Waals surface area contributed by atoms with E-state index in [1.165, 1.54) is 18.7 Å². The number of nitrogens with zero attached hydrogens (tertiary/aromatic N) is 2. The number of rotatable bonds is 4. The topological polar surface area (TPSA) is 61.2 Å². The average molecular weight is 288 g/mol. The van der Waals surface area contributed by atoms with Crippen LogP contribution in [0.15, 0.2) is 23.1 Å². The second kappa shape index (κ2) is 6.10. The normalized spacial score (nSPS) is 17.6. The van der Waals surface area contributed by atoms with Gasteiger partial charge in [0.2, 0.25) is 5.91 Å². The number of fused-ring (bicyclic) bond motifs is 1. The second-order valence-electron chi connectivity index (χ2n) is 4.75. The third-order valence-electron chi connectivity index (χ3n) is 3.24. The summed E-state index contributed by atoms with van der Waals surface area (Å²) in [5.41, 5.74) is 1.51. The van der Waals surface area contributed by atoms with E-state index in [0.717, 1.165) is 10.6 Å². The minimum Gasteiger partial charge on any atom is -0.310 e. The smallest absolute Gasteiger partial charge is 0.240 e. The summed E-state index contributed by atoms with van der Waals surface area (Å²) < 4.78 is 0. The molecule has 0 fully saturated rings. The Balaban J connectivity index is 2.33. The van der Waals surface area contributed by atoms with Gasteiger partial charge in [-0.2, -0.15) is 5.26 Å². The Labute approximate surface area is 122 Å². The zero-order valence-corrected chi connectivity index (χ0v) is 12.4. The number of ketones is 1. The van der Waals surface area contributed by atoms with Crippen molar-refractivity contribution in [2.45, 2.75) is 36.8 Å². The van der Waals surface area contributed by atoms with Crippen LogP contribution in [0.3, 0.4) is 0 Å². The van der Waals surface area contributed by atoms with Crippen molar-refractivity contribution in [1.82, 2.24) is 0 Å². The van der Waals surface area contributed by atoms with Gasteiger partial charge in [-0.25, -0.2) is 0 Å². The highest BCUT2D eigenvalue weighted by atomic mass is 32.2. The quantitative estimate of drug-likeness (QED) is 0.631. The van der Waals surface area contributed by atoms with Crippen LogP contribution in [0.2, 0.25) is 0 Å². The number of anilines is 1. The molecule has 0 aromatic heterocycles. The SMILES string of the molecule is CC(=O)c1ccc2c(c1)SC(C)C(=O)N2CCCC#N. The molecule has 1 aliphatic rings. The molecule has 1 unspecified atom stereocenters. The number of benzene rings is 1. The van der Waals surface area contributed by atoms with Crippen molar-refractivity contribution < 1.29 is 9.59 Å². The van der Waals surface area contributed by atoms with Crippen LogP contribution in [-0.2, 0) is 4.79 Å². The average Bonchev–Trinajstić information content (AvgIpc) is 2.42. The van der Waals surface area contributed by atoms with Crippen LogP contribution in [-0.4, -0.2) is 23.5 Å². The Kier molecular flexibility index (Phi) is 4.46. The van der Waals surface area contributed by atoms with Gasteiger partial charge in [-0.3, -0.25) is 9.59 Å². The fourth-order valence-corrected chi connectivity index (χ4v) is 3.28. The fourth-order valence-electron chi connectivity index (χ4n) is 2.18. The first kappa shape index (κ1) is 14.6. The lowest BCUT2D eigenvalue weighted by atomic mass is 10.1. The number of hydrogen-bond acceptors (Lipinski definition) is 4. The van der Waals surface area contributed by atoms with Crippen LogP contribution in [0.25, 0.3) is 0 Å². The van der Waals surface area contributed by atoms with Crippen LogP contribution in [0.1, 0.15) is 37.0 Å². The van der Waals surface area contributed by atoms with Crippen molar-refractivity contribution in [3.63, 3.8) is 0 Å². The van der Waals surface area contributed by atoms with E-state index < -0.39 is 0 Å². The predicted molar refractivity (Wildman–Crippen MR) is 79.0 cm³/mol. The van der Waals surface area contributed by atoms with Crippen molar-refractivity contribution in [2.24, 2.45) is 0 Å². The molecule has 0 N–H and O–H groups in total. The number of Topliss-reactive ketones (excluding diaryl/α,β-unsaturated/α-hetero) is 1. The lowest BCUT2D eigenvalue weighted by molar-refractivity contribution is -0.118. The van der Waals surface area contributed by atoms with Gasteiger partial charge in [-0.1, -0.05) is 0 Å². The largest absolute Gasteiger partial charge is 0.310 e. The van der Waals surface area contributed by atoms with E-state index in [4.69, 9.17) is 5.26 Å². The minimum atomic E-state index is -0.160. The van der Waals surface area contributed by atoms with Crippen molar-refractivity contribution in [3.05, 3.63) is 23.8 Å². The summed E-state index contributed by atoms with van der Waals surface area (Å²) in [5, 5.41) is 8.45. The molecule has 1 aliphatic heterocycles. The molecule has 1 amide bonds. The molecule has 0 aliphatic carbocycles. The van der Waals surface area contributed by atoms with E-state index >= 15 is 0 Å². The number of nitriles is 1. The summed E-state index contributed by atoms with van der Waals surface area (Å²) >= 11 is 1.49. The Morgan fingerprint density at radius 1 is 1.50 bits per heavy atom. The molecule has 0 bridgehead atoms. The summed E-state index contributed by atoms with van der Waals surface area (Å²) in [6, 6.07) is 7.52. The molecule has 20 heavy (non-hydrogen) atoms. The van der Waals surface area contributed by atoms with E-state index in [0.29, 0.717) is 24.9 Å². The van der Waals surface area contributed by atoms with Crippen LogP contribution in [0, 0.1) is 11.3 Å². The minimum absolute atomic E-state index is 0.0222. The third kappa shape index (κ3) is 2.86. The zero-order chi connectivity index (χ0) is 14.7. The summed E-state index contributed by atoms with van der Waals surface area (Å²) in [6.07, 6.45) is 1.10.